The summed E-state index contributed by atoms with van der Waals surface area (Å²) in [6, 6.07) is 8.09. The van der Waals surface area contributed by atoms with E-state index in [4.69, 9.17) is 4.74 Å². The molecule has 0 radical (unpaired) electrons. The molecule has 1 saturated heterocycles. The molecule has 2 rings (SSSR count). The number of amides is 2. The van der Waals surface area contributed by atoms with Crippen LogP contribution in [0.5, 0.6) is 0 Å². The molecule has 1 aliphatic rings. The first-order valence-electron chi connectivity index (χ1n) is 7.85. The predicted octanol–water partition coefficient (Wildman–Crippen LogP) is 1.76. The lowest BCUT2D eigenvalue weighted by atomic mass is 10.1. The standard InChI is InChI=1S/C17H24N2O3S/c1-13-3-5-15(6-4-13)14(2)18-16(20)11-23-12-17(21)19-7-9-22-10-8-19/h3-6,14H,7-12H2,1-2H3,(H,18,20)/t14-/m0/s1. The SMILES string of the molecule is Cc1ccc([C@H](C)NC(=O)CSCC(=O)N2CCOCC2)cc1. The average Bonchev–Trinajstić information content (AvgIpc) is 2.56. The number of hydrogen-bond donors (Lipinski definition) is 1. The van der Waals surface area contributed by atoms with Crippen molar-refractivity contribution in [2.75, 3.05) is 37.8 Å². The van der Waals surface area contributed by atoms with Gasteiger partial charge in [0.1, 0.15) is 0 Å². The van der Waals surface area contributed by atoms with Gasteiger partial charge in [-0.15, -0.1) is 11.8 Å². The Morgan fingerprint density at radius 2 is 1.87 bits per heavy atom. The molecule has 0 aliphatic carbocycles. The Kier molecular flexibility index (Phi) is 6.92. The van der Waals surface area contributed by atoms with Gasteiger partial charge < -0.3 is 15.0 Å². The quantitative estimate of drug-likeness (QED) is 0.860. The van der Waals surface area contributed by atoms with Gasteiger partial charge in [0.25, 0.3) is 0 Å². The van der Waals surface area contributed by atoms with Crippen molar-refractivity contribution in [3.63, 3.8) is 0 Å². The zero-order valence-corrected chi connectivity index (χ0v) is 14.5. The minimum Gasteiger partial charge on any atom is -0.378 e. The third-order valence-electron chi connectivity index (χ3n) is 3.78. The highest BCUT2D eigenvalue weighted by atomic mass is 32.2. The summed E-state index contributed by atoms with van der Waals surface area (Å²) in [5, 5.41) is 2.96. The van der Waals surface area contributed by atoms with Gasteiger partial charge in [-0.3, -0.25) is 9.59 Å². The Bertz CT molecular complexity index is 527. The van der Waals surface area contributed by atoms with Crippen LogP contribution >= 0.6 is 11.8 Å². The molecule has 1 aromatic carbocycles. The van der Waals surface area contributed by atoms with Crippen molar-refractivity contribution in [1.29, 1.82) is 0 Å². The van der Waals surface area contributed by atoms with E-state index in [2.05, 4.69) is 5.32 Å². The highest BCUT2D eigenvalue weighted by Gasteiger charge is 2.17. The summed E-state index contributed by atoms with van der Waals surface area (Å²) in [5.41, 5.74) is 2.28. The Labute approximate surface area is 141 Å². The van der Waals surface area contributed by atoms with Crippen LogP contribution < -0.4 is 5.32 Å². The molecule has 0 bridgehead atoms. The van der Waals surface area contributed by atoms with Crippen LogP contribution in [-0.4, -0.2) is 54.5 Å². The fourth-order valence-corrected chi connectivity index (χ4v) is 3.08. The number of nitrogens with zero attached hydrogens (tertiary/aromatic N) is 1. The molecule has 1 aromatic rings. The second kappa shape index (κ2) is 8.93. The number of carbonyl (C=O) groups excluding carboxylic acids is 2. The van der Waals surface area contributed by atoms with E-state index in [1.54, 1.807) is 4.90 Å². The molecular formula is C17H24N2O3S. The van der Waals surface area contributed by atoms with Crippen LogP contribution in [0, 0.1) is 6.92 Å². The molecule has 1 fully saturated rings. The maximum Gasteiger partial charge on any atom is 0.232 e. The molecule has 0 saturated carbocycles. The molecule has 0 spiro atoms. The fourth-order valence-electron chi connectivity index (χ4n) is 2.36. The maximum absolute atomic E-state index is 12.0. The van der Waals surface area contributed by atoms with Crippen LogP contribution in [0.3, 0.4) is 0 Å². The van der Waals surface area contributed by atoms with Gasteiger partial charge in [0.2, 0.25) is 11.8 Å². The largest absolute Gasteiger partial charge is 0.378 e. The van der Waals surface area contributed by atoms with Gasteiger partial charge >= 0.3 is 0 Å². The summed E-state index contributed by atoms with van der Waals surface area (Å²) in [6.07, 6.45) is 0. The zero-order valence-electron chi connectivity index (χ0n) is 13.7. The van der Waals surface area contributed by atoms with Gasteiger partial charge in [-0.1, -0.05) is 29.8 Å². The third-order valence-corrected chi connectivity index (χ3v) is 4.69. The summed E-state index contributed by atoms with van der Waals surface area (Å²) >= 11 is 1.36. The topological polar surface area (TPSA) is 58.6 Å². The van der Waals surface area contributed by atoms with Gasteiger partial charge in [-0.2, -0.15) is 0 Å². The van der Waals surface area contributed by atoms with E-state index in [0.717, 1.165) is 5.56 Å². The van der Waals surface area contributed by atoms with Crippen molar-refractivity contribution in [2.24, 2.45) is 0 Å². The van der Waals surface area contributed by atoms with Gasteiger partial charge in [0, 0.05) is 13.1 Å². The van der Waals surface area contributed by atoms with Gasteiger partial charge in [0.05, 0.1) is 30.8 Å². The predicted molar refractivity (Wildman–Crippen MR) is 92.5 cm³/mol. The minimum absolute atomic E-state index is 0.0290. The second-order valence-corrected chi connectivity index (χ2v) is 6.67. The van der Waals surface area contributed by atoms with E-state index in [1.807, 2.05) is 38.1 Å². The van der Waals surface area contributed by atoms with E-state index in [1.165, 1.54) is 17.3 Å². The number of hydrogen-bond acceptors (Lipinski definition) is 4. The van der Waals surface area contributed by atoms with Crippen LogP contribution in [0.25, 0.3) is 0 Å². The van der Waals surface area contributed by atoms with Crippen molar-refractivity contribution in [1.82, 2.24) is 10.2 Å². The summed E-state index contributed by atoms with van der Waals surface area (Å²) < 4.78 is 5.22. The second-order valence-electron chi connectivity index (χ2n) is 5.69. The number of aryl methyl sites for hydroxylation is 1. The summed E-state index contributed by atoms with van der Waals surface area (Å²) in [6.45, 7) is 6.50. The maximum atomic E-state index is 12.0. The monoisotopic (exact) mass is 336 g/mol. The lowest BCUT2D eigenvalue weighted by Gasteiger charge is -2.26. The number of thioether (sulfide) groups is 1. The molecule has 0 aromatic heterocycles. The van der Waals surface area contributed by atoms with Gasteiger partial charge in [0.15, 0.2) is 0 Å². The van der Waals surface area contributed by atoms with Crippen molar-refractivity contribution in [3.05, 3.63) is 35.4 Å². The number of nitrogens with one attached hydrogen (secondary N) is 1. The molecule has 1 heterocycles. The molecule has 1 aliphatic heterocycles. The Balaban J connectivity index is 1.68. The van der Waals surface area contributed by atoms with Crippen molar-refractivity contribution < 1.29 is 14.3 Å². The number of rotatable bonds is 6. The minimum atomic E-state index is -0.0437. The third kappa shape index (κ3) is 5.88. The molecule has 2 amide bonds. The smallest absolute Gasteiger partial charge is 0.232 e. The summed E-state index contributed by atoms with van der Waals surface area (Å²) in [7, 11) is 0. The van der Waals surface area contributed by atoms with Crippen LogP contribution in [0.2, 0.25) is 0 Å². The Morgan fingerprint density at radius 3 is 2.52 bits per heavy atom. The molecule has 6 heteroatoms. The first-order chi connectivity index (χ1) is 11.1. The van der Waals surface area contributed by atoms with Crippen LogP contribution in [-0.2, 0) is 14.3 Å². The van der Waals surface area contributed by atoms with Crippen molar-refractivity contribution in [2.45, 2.75) is 19.9 Å². The number of benzene rings is 1. The fraction of sp³-hybridized carbons (Fsp3) is 0.529. The van der Waals surface area contributed by atoms with Crippen LogP contribution in [0.4, 0.5) is 0 Å². The molecule has 126 valence electrons. The lowest BCUT2D eigenvalue weighted by Crippen LogP contribution is -2.41. The summed E-state index contributed by atoms with van der Waals surface area (Å²) in [4.78, 5) is 25.7. The van der Waals surface area contributed by atoms with Gasteiger partial charge in [-0.25, -0.2) is 0 Å². The molecule has 0 unspecified atom stereocenters. The number of morpholine rings is 1. The highest BCUT2D eigenvalue weighted by Crippen LogP contribution is 2.13. The lowest BCUT2D eigenvalue weighted by molar-refractivity contribution is -0.132. The Hall–Kier alpha value is -1.53. The number of ether oxygens (including phenoxy) is 1. The molecule has 5 nitrogen and oxygen atoms in total. The molecule has 23 heavy (non-hydrogen) atoms. The normalized spacial score (nSPS) is 16.0. The van der Waals surface area contributed by atoms with E-state index >= 15 is 0 Å². The van der Waals surface area contributed by atoms with Crippen LogP contribution in [0.15, 0.2) is 24.3 Å². The molecular weight excluding hydrogens is 312 g/mol. The summed E-state index contributed by atoms with van der Waals surface area (Å²) in [5.74, 6) is 0.675. The zero-order chi connectivity index (χ0) is 16.7. The van der Waals surface area contributed by atoms with Gasteiger partial charge in [-0.05, 0) is 19.4 Å². The Morgan fingerprint density at radius 1 is 1.22 bits per heavy atom. The van der Waals surface area contributed by atoms with Crippen molar-refractivity contribution >= 4 is 23.6 Å². The number of carbonyl (C=O) groups is 2. The first kappa shape index (κ1) is 17.8. The molecule has 1 N–H and O–H groups in total. The van der Waals surface area contributed by atoms with Crippen molar-refractivity contribution in [3.8, 4) is 0 Å². The molecule has 1 atom stereocenters. The van der Waals surface area contributed by atoms with E-state index < -0.39 is 0 Å². The van der Waals surface area contributed by atoms with Crippen LogP contribution in [0.1, 0.15) is 24.1 Å². The average molecular weight is 336 g/mol. The van der Waals surface area contributed by atoms with E-state index in [0.29, 0.717) is 37.8 Å². The van der Waals surface area contributed by atoms with E-state index in [-0.39, 0.29) is 17.9 Å². The first-order valence-corrected chi connectivity index (χ1v) is 9.01. The highest BCUT2D eigenvalue weighted by molar-refractivity contribution is 8.00. The van der Waals surface area contributed by atoms with E-state index in [9.17, 15) is 9.59 Å².